The number of nitrogens with zero attached hydrogens (tertiary/aromatic N) is 4. The first-order chi connectivity index (χ1) is 8.71. The molecule has 0 fully saturated rings. The molecular formula is C14H27IN4S. The van der Waals surface area contributed by atoms with Crippen LogP contribution >= 0.6 is 35.3 Å². The van der Waals surface area contributed by atoms with Crippen molar-refractivity contribution < 1.29 is 0 Å². The first kappa shape index (κ1) is 19.6. The van der Waals surface area contributed by atoms with Crippen LogP contribution < -0.4 is 0 Å². The van der Waals surface area contributed by atoms with Gasteiger partial charge in [0.25, 0.3) is 0 Å². The molecule has 0 aromatic carbocycles. The standard InChI is InChI=1S/C14H26N4S.HI/c1-14(2,3)12-16-11(10-19-12)8-9-15-13(17(4)5)18(6)7;/h10H,8-9H2,1-7H3;1H. The normalized spacial score (nSPS) is 10.8. The predicted molar refractivity (Wildman–Crippen MR) is 99.6 cm³/mol. The summed E-state index contributed by atoms with van der Waals surface area (Å²) in [5.74, 6) is 0.992. The molecule has 0 bridgehead atoms. The summed E-state index contributed by atoms with van der Waals surface area (Å²) in [6.07, 6.45) is 0.901. The van der Waals surface area contributed by atoms with E-state index in [0.717, 1.165) is 24.6 Å². The molecule has 1 heterocycles. The summed E-state index contributed by atoms with van der Waals surface area (Å²) in [5, 5.41) is 3.35. The Labute approximate surface area is 144 Å². The molecule has 0 radical (unpaired) electrons. The Hall–Kier alpha value is -0.370. The molecule has 1 aromatic rings. The number of hydrogen-bond acceptors (Lipinski definition) is 3. The Morgan fingerprint density at radius 2 is 1.75 bits per heavy atom. The smallest absolute Gasteiger partial charge is 0.195 e. The van der Waals surface area contributed by atoms with Gasteiger partial charge < -0.3 is 9.80 Å². The van der Waals surface area contributed by atoms with Gasteiger partial charge >= 0.3 is 0 Å². The summed E-state index contributed by atoms with van der Waals surface area (Å²) in [6.45, 7) is 7.37. The van der Waals surface area contributed by atoms with Crippen LogP contribution in [0, 0.1) is 0 Å². The molecule has 1 aromatic heterocycles. The molecule has 0 saturated carbocycles. The van der Waals surface area contributed by atoms with Crippen molar-refractivity contribution in [3.05, 3.63) is 16.1 Å². The minimum Gasteiger partial charge on any atom is -0.349 e. The highest BCUT2D eigenvalue weighted by atomic mass is 127. The molecule has 0 spiro atoms. The average molecular weight is 410 g/mol. The van der Waals surface area contributed by atoms with Gasteiger partial charge in [0, 0.05) is 52.0 Å². The highest BCUT2D eigenvalue weighted by molar-refractivity contribution is 14.0. The van der Waals surface area contributed by atoms with E-state index in [1.807, 2.05) is 38.0 Å². The Morgan fingerprint density at radius 3 is 2.15 bits per heavy atom. The van der Waals surface area contributed by atoms with E-state index < -0.39 is 0 Å². The van der Waals surface area contributed by atoms with Crippen LogP contribution in [0.25, 0.3) is 0 Å². The van der Waals surface area contributed by atoms with Gasteiger partial charge in [0.15, 0.2) is 5.96 Å². The van der Waals surface area contributed by atoms with E-state index in [-0.39, 0.29) is 29.4 Å². The largest absolute Gasteiger partial charge is 0.349 e. The molecule has 0 saturated heterocycles. The van der Waals surface area contributed by atoms with Gasteiger partial charge in [-0.15, -0.1) is 35.3 Å². The van der Waals surface area contributed by atoms with Crippen molar-refractivity contribution >= 4 is 41.3 Å². The number of thiazole rings is 1. The lowest BCUT2D eigenvalue weighted by molar-refractivity contribution is 0.479. The van der Waals surface area contributed by atoms with Crippen LogP contribution in [0.5, 0.6) is 0 Å². The van der Waals surface area contributed by atoms with Crippen LogP contribution in [0.2, 0.25) is 0 Å². The maximum Gasteiger partial charge on any atom is 0.195 e. The van der Waals surface area contributed by atoms with E-state index in [1.165, 1.54) is 5.01 Å². The first-order valence-electron chi connectivity index (χ1n) is 6.56. The van der Waals surface area contributed by atoms with Gasteiger partial charge in [-0.3, -0.25) is 4.99 Å². The van der Waals surface area contributed by atoms with Crippen molar-refractivity contribution in [2.45, 2.75) is 32.6 Å². The van der Waals surface area contributed by atoms with Crippen molar-refractivity contribution in [1.29, 1.82) is 0 Å². The summed E-state index contributed by atoms with van der Waals surface area (Å²) in [7, 11) is 8.05. The van der Waals surface area contributed by atoms with E-state index >= 15 is 0 Å². The monoisotopic (exact) mass is 410 g/mol. The van der Waals surface area contributed by atoms with E-state index in [0.29, 0.717) is 0 Å². The third-order valence-corrected chi connectivity index (χ3v) is 3.93. The molecule has 0 atom stereocenters. The van der Waals surface area contributed by atoms with Crippen molar-refractivity contribution in [3.63, 3.8) is 0 Å². The molecular weight excluding hydrogens is 383 g/mol. The van der Waals surface area contributed by atoms with Crippen LogP contribution in [0.4, 0.5) is 0 Å². The Kier molecular flexibility index (Phi) is 8.01. The van der Waals surface area contributed by atoms with Crippen molar-refractivity contribution in [2.24, 2.45) is 4.99 Å². The second kappa shape index (κ2) is 8.17. The fourth-order valence-electron chi connectivity index (χ4n) is 1.72. The number of hydrogen-bond donors (Lipinski definition) is 0. The number of rotatable bonds is 3. The third kappa shape index (κ3) is 5.95. The second-order valence-electron chi connectivity index (χ2n) is 6.11. The number of halogens is 1. The highest BCUT2D eigenvalue weighted by Gasteiger charge is 2.17. The van der Waals surface area contributed by atoms with Gasteiger partial charge in [-0.25, -0.2) is 4.98 Å². The summed E-state index contributed by atoms with van der Waals surface area (Å²) in [5.41, 5.74) is 1.29. The minimum atomic E-state index is 0. The lowest BCUT2D eigenvalue weighted by Gasteiger charge is -2.22. The summed E-state index contributed by atoms with van der Waals surface area (Å²) >= 11 is 1.75. The summed E-state index contributed by atoms with van der Waals surface area (Å²) in [4.78, 5) is 13.4. The number of aromatic nitrogens is 1. The van der Waals surface area contributed by atoms with Gasteiger partial charge in [-0.2, -0.15) is 0 Å². The maximum absolute atomic E-state index is 4.69. The predicted octanol–water partition coefficient (Wildman–Crippen LogP) is 3.08. The molecule has 0 unspecified atom stereocenters. The fraction of sp³-hybridized carbons (Fsp3) is 0.714. The zero-order valence-corrected chi connectivity index (χ0v) is 16.7. The number of aliphatic imine (C=N–C) groups is 1. The van der Waals surface area contributed by atoms with Crippen LogP contribution in [-0.2, 0) is 11.8 Å². The molecule has 1 rings (SSSR count). The van der Waals surface area contributed by atoms with E-state index in [1.54, 1.807) is 11.3 Å². The Balaban J connectivity index is 0.00000361. The van der Waals surface area contributed by atoms with Crippen molar-refractivity contribution in [1.82, 2.24) is 14.8 Å². The molecule has 0 aliphatic rings. The van der Waals surface area contributed by atoms with Crippen molar-refractivity contribution in [3.8, 4) is 0 Å². The van der Waals surface area contributed by atoms with Crippen LogP contribution in [0.15, 0.2) is 10.4 Å². The average Bonchev–Trinajstić information content (AvgIpc) is 2.71. The van der Waals surface area contributed by atoms with E-state index in [2.05, 4.69) is 31.1 Å². The molecule has 20 heavy (non-hydrogen) atoms. The van der Waals surface area contributed by atoms with Gasteiger partial charge in [0.2, 0.25) is 0 Å². The maximum atomic E-state index is 4.69. The topological polar surface area (TPSA) is 31.7 Å². The second-order valence-corrected chi connectivity index (χ2v) is 6.97. The first-order valence-corrected chi connectivity index (χ1v) is 7.43. The third-order valence-electron chi connectivity index (χ3n) is 2.61. The lowest BCUT2D eigenvalue weighted by Crippen LogP contribution is -2.35. The molecule has 0 aliphatic heterocycles. The highest BCUT2D eigenvalue weighted by Crippen LogP contribution is 2.25. The van der Waals surface area contributed by atoms with Crippen LogP contribution in [0.1, 0.15) is 31.5 Å². The molecule has 6 heteroatoms. The zero-order valence-electron chi connectivity index (χ0n) is 13.6. The van der Waals surface area contributed by atoms with E-state index in [4.69, 9.17) is 4.98 Å². The van der Waals surface area contributed by atoms with Crippen molar-refractivity contribution in [2.75, 3.05) is 34.7 Å². The Bertz CT molecular complexity index is 423. The summed E-state index contributed by atoms with van der Waals surface area (Å²) < 4.78 is 0. The quantitative estimate of drug-likeness (QED) is 0.436. The SMILES string of the molecule is CN(C)C(=NCCc1csc(C(C)(C)C)n1)N(C)C.I. The van der Waals surface area contributed by atoms with Crippen LogP contribution in [-0.4, -0.2) is 55.5 Å². The lowest BCUT2D eigenvalue weighted by atomic mass is 9.98. The fourth-order valence-corrected chi connectivity index (χ4v) is 2.66. The minimum absolute atomic E-state index is 0. The molecule has 4 nitrogen and oxygen atoms in total. The summed E-state index contributed by atoms with van der Waals surface area (Å²) in [6, 6.07) is 0. The van der Waals surface area contributed by atoms with E-state index in [9.17, 15) is 0 Å². The molecule has 0 amide bonds. The zero-order chi connectivity index (χ0) is 14.6. The van der Waals surface area contributed by atoms with Gasteiger partial charge in [0.05, 0.1) is 10.7 Å². The van der Waals surface area contributed by atoms with Gasteiger partial charge in [0.1, 0.15) is 0 Å². The molecule has 0 N–H and O–H groups in total. The number of guanidine groups is 1. The van der Waals surface area contributed by atoms with Crippen LogP contribution in [0.3, 0.4) is 0 Å². The van der Waals surface area contributed by atoms with Gasteiger partial charge in [-0.05, 0) is 0 Å². The molecule has 0 aliphatic carbocycles. The van der Waals surface area contributed by atoms with Gasteiger partial charge in [-0.1, -0.05) is 20.8 Å². The molecule has 116 valence electrons. The Morgan fingerprint density at radius 1 is 1.20 bits per heavy atom.